The number of carbonyl (C=O) groups excluding carboxylic acids is 3. The summed E-state index contributed by atoms with van der Waals surface area (Å²) in [5.41, 5.74) is -1.95. The number of carboxylic acids is 1. The summed E-state index contributed by atoms with van der Waals surface area (Å²) in [4.78, 5) is 47.8. The van der Waals surface area contributed by atoms with Gasteiger partial charge >= 0.3 is 24.4 Å². The summed E-state index contributed by atoms with van der Waals surface area (Å²) in [6, 6.07) is 3.55. The van der Waals surface area contributed by atoms with Crippen molar-refractivity contribution < 1.29 is 52.7 Å². The summed E-state index contributed by atoms with van der Waals surface area (Å²) in [7, 11) is 1.04. The zero-order chi connectivity index (χ0) is 25.7. The minimum absolute atomic E-state index is 0.0979. The van der Waals surface area contributed by atoms with E-state index in [4.69, 9.17) is 23.7 Å². The fraction of sp³-hybridized carbons (Fsp3) is 0.545. The van der Waals surface area contributed by atoms with Gasteiger partial charge in [0.25, 0.3) is 5.72 Å². The van der Waals surface area contributed by atoms with Gasteiger partial charge in [-0.25, -0.2) is 19.2 Å². The Kier molecular flexibility index (Phi) is 11.6. The van der Waals surface area contributed by atoms with Crippen LogP contribution >= 0.6 is 0 Å². The molecule has 12 heteroatoms. The number of hydrogen-bond acceptors (Lipinski definition) is 11. The molecule has 0 radical (unpaired) electrons. The molecule has 0 saturated carbocycles. The number of nitrogens with one attached hydrogen (secondary N) is 1. The van der Waals surface area contributed by atoms with Crippen LogP contribution in [0.1, 0.15) is 46.1 Å². The highest BCUT2D eigenvalue weighted by Gasteiger charge is 2.44. The van der Waals surface area contributed by atoms with Gasteiger partial charge < -0.3 is 33.5 Å². The lowest BCUT2D eigenvalue weighted by Gasteiger charge is -2.31. The molecule has 12 nitrogen and oxygen atoms in total. The molecular weight excluding hydrogens is 454 g/mol. The Morgan fingerprint density at radius 1 is 0.941 bits per heavy atom. The number of methoxy groups -OCH3 is 1. The van der Waals surface area contributed by atoms with Crippen LogP contribution in [-0.4, -0.2) is 61.6 Å². The molecule has 0 fully saturated rings. The predicted octanol–water partition coefficient (Wildman–Crippen LogP) is 3.64. The maximum Gasteiger partial charge on any atom is 0.513 e. The number of ether oxygens (including phenoxy) is 6. The Morgan fingerprint density at radius 3 is 1.97 bits per heavy atom. The molecule has 1 aromatic carbocycles. The second-order valence-corrected chi connectivity index (χ2v) is 7.35. The quantitative estimate of drug-likeness (QED) is 0.192. The van der Waals surface area contributed by atoms with E-state index < -0.39 is 42.6 Å². The Balaban J connectivity index is 3.34. The molecule has 0 saturated heterocycles. The van der Waals surface area contributed by atoms with E-state index in [2.05, 4.69) is 10.1 Å². The van der Waals surface area contributed by atoms with Crippen LogP contribution in [0.2, 0.25) is 0 Å². The van der Waals surface area contributed by atoms with E-state index in [1.807, 2.05) is 0 Å². The van der Waals surface area contributed by atoms with Crippen LogP contribution in [0.3, 0.4) is 0 Å². The van der Waals surface area contributed by atoms with Crippen LogP contribution in [0.15, 0.2) is 18.2 Å². The number of rotatable bonds is 12. The molecular formula is C22H31NO11. The summed E-state index contributed by atoms with van der Waals surface area (Å²) >= 11 is 0. The predicted molar refractivity (Wildman–Crippen MR) is 117 cm³/mol. The Hall–Kier alpha value is -3.54. The van der Waals surface area contributed by atoms with Gasteiger partial charge in [-0.15, -0.1) is 0 Å². The van der Waals surface area contributed by atoms with Crippen LogP contribution < -0.4 is 14.8 Å². The highest BCUT2D eigenvalue weighted by molar-refractivity contribution is 5.80. The summed E-state index contributed by atoms with van der Waals surface area (Å²) in [6.45, 7) is 7.14. The van der Waals surface area contributed by atoms with E-state index >= 15 is 0 Å². The van der Waals surface area contributed by atoms with E-state index in [-0.39, 0.29) is 30.3 Å². The first-order valence-corrected chi connectivity index (χ1v) is 10.7. The summed E-state index contributed by atoms with van der Waals surface area (Å²) in [5, 5.41) is 12.6. The average Bonchev–Trinajstić information content (AvgIpc) is 2.77. The van der Waals surface area contributed by atoms with Crippen molar-refractivity contribution in [2.75, 3.05) is 20.3 Å². The van der Waals surface area contributed by atoms with Crippen LogP contribution in [0.25, 0.3) is 0 Å². The lowest BCUT2D eigenvalue weighted by atomic mass is 10.0. The van der Waals surface area contributed by atoms with Crippen molar-refractivity contribution in [2.24, 2.45) is 0 Å². The van der Waals surface area contributed by atoms with Gasteiger partial charge in [0.2, 0.25) is 0 Å². The third kappa shape index (κ3) is 9.14. The third-order valence-corrected chi connectivity index (χ3v) is 3.99. The zero-order valence-corrected chi connectivity index (χ0v) is 19.9. The molecule has 0 unspecified atom stereocenters. The molecule has 0 heterocycles. The average molecular weight is 485 g/mol. The number of hydrogen-bond donors (Lipinski definition) is 2. The zero-order valence-electron chi connectivity index (χ0n) is 19.9. The van der Waals surface area contributed by atoms with Crippen LogP contribution in [0.4, 0.5) is 14.4 Å². The molecule has 1 atom stereocenters. The van der Waals surface area contributed by atoms with Crippen molar-refractivity contribution in [3.05, 3.63) is 23.8 Å². The summed E-state index contributed by atoms with van der Waals surface area (Å²) < 4.78 is 29.6. The molecule has 1 aromatic rings. The van der Waals surface area contributed by atoms with Crippen molar-refractivity contribution in [3.8, 4) is 11.5 Å². The van der Waals surface area contributed by atoms with Crippen molar-refractivity contribution in [1.29, 1.82) is 0 Å². The monoisotopic (exact) mass is 485 g/mol. The number of aliphatic carboxylic acids is 1. The van der Waals surface area contributed by atoms with Gasteiger partial charge in [-0.2, -0.15) is 0 Å². The molecule has 0 spiro atoms. The van der Waals surface area contributed by atoms with Crippen molar-refractivity contribution >= 4 is 24.4 Å². The highest BCUT2D eigenvalue weighted by Crippen LogP contribution is 2.31. The minimum atomic E-state index is -2.20. The van der Waals surface area contributed by atoms with Crippen molar-refractivity contribution in [3.63, 3.8) is 0 Å². The van der Waals surface area contributed by atoms with E-state index in [0.29, 0.717) is 12.8 Å². The molecule has 1 rings (SSSR count). The number of benzene rings is 1. The van der Waals surface area contributed by atoms with Crippen LogP contribution in [0.5, 0.6) is 11.5 Å². The van der Waals surface area contributed by atoms with Gasteiger partial charge in [-0.1, -0.05) is 19.9 Å². The van der Waals surface area contributed by atoms with Gasteiger partial charge in [0, 0.05) is 12.5 Å². The fourth-order valence-corrected chi connectivity index (χ4v) is 2.67. The first kappa shape index (κ1) is 28.5. The fourth-order valence-electron chi connectivity index (χ4n) is 2.67. The Labute approximate surface area is 197 Å². The van der Waals surface area contributed by atoms with Crippen LogP contribution in [-0.2, 0) is 30.2 Å². The topological polar surface area (TPSA) is 156 Å². The van der Waals surface area contributed by atoms with Gasteiger partial charge in [0.15, 0.2) is 11.5 Å². The van der Waals surface area contributed by atoms with Crippen molar-refractivity contribution in [1.82, 2.24) is 5.32 Å². The largest absolute Gasteiger partial charge is 0.513 e. The molecule has 0 bridgehead atoms. The van der Waals surface area contributed by atoms with Crippen LogP contribution in [0, 0.1) is 0 Å². The summed E-state index contributed by atoms with van der Waals surface area (Å²) in [5.74, 6) is -1.88. The number of carboxylic acid groups (broad SMARTS) is 1. The SMILES string of the molecule is CCCOC(=O)Oc1ccc(C[C@](NC(C)C)(OC(=O)OC)C(=O)O)cc1OC(=O)OCCC. The molecule has 190 valence electrons. The summed E-state index contributed by atoms with van der Waals surface area (Å²) in [6.07, 6.45) is -2.56. The standard InChI is InChI=1S/C22H31NO11/c1-6-10-30-20(27)32-16-9-8-15(12-17(16)33-21(28)31-11-7-2)13-22(18(24)25,23-14(3)4)34-19(26)29-5/h8-9,12,14,23H,6-7,10-11,13H2,1-5H3,(H,24,25)/t22-/m0/s1. The minimum Gasteiger partial charge on any atom is -0.477 e. The lowest BCUT2D eigenvalue weighted by molar-refractivity contribution is -0.166. The maximum absolute atomic E-state index is 12.1. The smallest absolute Gasteiger partial charge is 0.477 e. The molecule has 0 amide bonds. The first-order chi connectivity index (χ1) is 16.1. The van der Waals surface area contributed by atoms with Crippen molar-refractivity contribution in [2.45, 2.75) is 58.7 Å². The second kappa shape index (κ2) is 13.9. The molecule has 34 heavy (non-hydrogen) atoms. The van der Waals surface area contributed by atoms with Gasteiger partial charge in [-0.05, 0) is 44.4 Å². The maximum atomic E-state index is 12.1. The second-order valence-electron chi connectivity index (χ2n) is 7.35. The Morgan fingerprint density at radius 2 is 1.50 bits per heavy atom. The van der Waals surface area contributed by atoms with Gasteiger partial charge in [0.05, 0.1) is 20.3 Å². The van der Waals surface area contributed by atoms with E-state index in [9.17, 15) is 24.3 Å². The van der Waals surface area contributed by atoms with Gasteiger partial charge in [-0.3, -0.25) is 5.32 Å². The molecule has 0 aliphatic rings. The van der Waals surface area contributed by atoms with E-state index in [1.54, 1.807) is 27.7 Å². The molecule has 0 aliphatic carbocycles. The van der Waals surface area contributed by atoms with E-state index in [1.165, 1.54) is 18.2 Å². The normalized spacial score (nSPS) is 12.3. The molecule has 0 aromatic heterocycles. The molecule has 0 aliphatic heterocycles. The van der Waals surface area contributed by atoms with Gasteiger partial charge in [0.1, 0.15) is 0 Å². The third-order valence-electron chi connectivity index (χ3n) is 3.99. The Bertz CT molecular complexity index is 855. The first-order valence-electron chi connectivity index (χ1n) is 10.7. The number of carbonyl (C=O) groups is 4. The highest BCUT2D eigenvalue weighted by atomic mass is 16.8. The molecule has 2 N–H and O–H groups in total. The lowest BCUT2D eigenvalue weighted by Crippen LogP contribution is -2.59. The van der Waals surface area contributed by atoms with E-state index in [0.717, 1.165) is 7.11 Å².